The lowest BCUT2D eigenvalue weighted by molar-refractivity contribution is 0.579. The van der Waals surface area contributed by atoms with Crippen LogP contribution in [0, 0.1) is 5.82 Å². The van der Waals surface area contributed by atoms with E-state index < -0.39 is 0 Å². The van der Waals surface area contributed by atoms with E-state index in [0.29, 0.717) is 10.0 Å². The van der Waals surface area contributed by atoms with Gasteiger partial charge in [0.15, 0.2) is 0 Å². The Balaban J connectivity index is 2.49. The fraction of sp³-hybridized carbons (Fsp3) is 0.167. The molecular formula is C12H10BrClFNS. The van der Waals surface area contributed by atoms with Gasteiger partial charge in [0.2, 0.25) is 0 Å². The van der Waals surface area contributed by atoms with Crippen molar-refractivity contribution >= 4 is 38.9 Å². The van der Waals surface area contributed by atoms with Crippen LogP contribution in [0.2, 0.25) is 5.02 Å². The summed E-state index contributed by atoms with van der Waals surface area (Å²) in [5.74, 6) is -0.381. The van der Waals surface area contributed by atoms with Crippen molar-refractivity contribution in [2.75, 3.05) is 7.05 Å². The van der Waals surface area contributed by atoms with Crippen LogP contribution in [-0.2, 0) is 0 Å². The van der Waals surface area contributed by atoms with Crippen molar-refractivity contribution in [2.24, 2.45) is 0 Å². The summed E-state index contributed by atoms with van der Waals surface area (Å²) < 4.78 is 14.7. The number of thiophene rings is 1. The Labute approximate surface area is 117 Å². The van der Waals surface area contributed by atoms with Gasteiger partial charge in [-0.1, -0.05) is 23.7 Å². The first-order valence-corrected chi connectivity index (χ1v) is 7.04. The Hall–Kier alpha value is -0.420. The highest BCUT2D eigenvalue weighted by molar-refractivity contribution is 9.10. The largest absolute Gasteiger partial charge is 0.309 e. The van der Waals surface area contributed by atoms with Gasteiger partial charge >= 0.3 is 0 Å². The van der Waals surface area contributed by atoms with Crippen LogP contribution >= 0.6 is 38.9 Å². The third-order valence-corrected chi connectivity index (χ3v) is 4.69. The second-order valence-electron chi connectivity index (χ2n) is 3.50. The molecule has 0 amide bonds. The predicted octanol–water partition coefficient (Wildman–Crippen LogP) is 4.61. The minimum absolute atomic E-state index is 0.124. The molecule has 0 radical (unpaired) electrons. The zero-order chi connectivity index (χ0) is 12.4. The minimum Gasteiger partial charge on any atom is -0.309 e. The standard InChI is InChI=1S/C12H10BrClFNS/c1-16-12(9-3-2-6-17-9)7-4-5-8(13)10(14)11(7)15/h2-6,12,16H,1H3. The van der Waals surface area contributed by atoms with E-state index in [1.54, 1.807) is 30.5 Å². The molecule has 1 unspecified atom stereocenters. The fourth-order valence-corrected chi connectivity index (χ4v) is 3.00. The molecule has 90 valence electrons. The van der Waals surface area contributed by atoms with E-state index in [1.807, 2.05) is 17.5 Å². The molecule has 2 rings (SSSR count). The Bertz CT molecular complexity index is 515. The van der Waals surface area contributed by atoms with E-state index in [2.05, 4.69) is 21.2 Å². The summed E-state index contributed by atoms with van der Waals surface area (Å²) in [6.07, 6.45) is 0. The first kappa shape index (κ1) is 13.0. The number of benzene rings is 1. The highest BCUT2D eigenvalue weighted by atomic mass is 79.9. The third kappa shape index (κ3) is 2.55. The van der Waals surface area contributed by atoms with Crippen LogP contribution < -0.4 is 5.32 Å². The summed E-state index contributed by atoms with van der Waals surface area (Å²) in [5.41, 5.74) is 0.558. The zero-order valence-corrected chi connectivity index (χ0v) is 12.2. The van der Waals surface area contributed by atoms with Gasteiger partial charge in [0.05, 0.1) is 11.1 Å². The van der Waals surface area contributed by atoms with Crippen LogP contribution in [-0.4, -0.2) is 7.05 Å². The average molecular weight is 335 g/mol. The van der Waals surface area contributed by atoms with Gasteiger partial charge in [-0.15, -0.1) is 11.3 Å². The van der Waals surface area contributed by atoms with E-state index in [1.165, 1.54) is 0 Å². The van der Waals surface area contributed by atoms with E-state index in [-0.39, 0.29) is 16.9 Å². The molecule has 0 fully saturated rings. The quantitative estimate of drug-likeness (QED) is 0.808. The molecule has 17 heavy (non-hydrogen) atoms. The van der Waals surface area contributed by atoms with E-state index in [4.69, 9.17) is 11.6 Å². The van der Waals surface area contributed by atoms with Crippen LogP contribution in [0.4, 0.5) is 4.39 Å². The Morgan fingerprint density at radius 3 is 2.76 bits per heavy atom. The number of halogens is 3. The maximum atomic E-state index is 14.1. The highest BCUT2D eigenvalue weighted by Crippen LogP contribution is 2.33. The summed E-state index contributed by atoms with van der Waals surface area (Å²) in [6.45, 7) is 0. The summed E-state index contributed by atoms with van der Waals surface area (Å²) in [4.78, 5) is 1.06. The van der Waals surface area contributed by atoms with Crippen LogP contribution in [0.1, 0.15) is 16.5 Å². The summed E-state index contributed by atoms with van der Waals surface area (Å²) in [6, 6.07) is 7.26. The van der Waals surface area contributed by atoms with Gasteiger partial charge in [0, 0.05) is 14.9 Å². The van der Waals surface area contributed by atoms with Crippen molar-refractivity contribution in [1.29, 1.82) is 0 Å². The summed E-state index contributed by atoms with van der Waals surface area (Å²) in [5, 5.41) is 5.20. The maximum absolute atomic E-state index is 14.1. The molecule has 1 atom stereocenters. The number of hydrogen-bond donors (Lipinski definition) is 1. The molecule has 1 heterocycles. The van der Waals surface area contributed by atoms with Gasteiger partial charge in [0.1, 0.15) is 5.82 Å². The van der Waals surface area contributed by atoms with Gasteiger partial charge in [-0.2, -0.15) is 0 Å². The molecule has 1 aromatic carbocycles. The van der Waals surface area contributed by atoms with Crippen molar-refractivity contribution in [1.82, 2.24) is 5.32 Å². The molecule has 1 nitrogen and oxygen atoms in total. The van der Waals surface area contributed by atoms with Crippen LogP contribution in [0.5, 0.6) is 0 Å². The molecule has 0 aliphatic rings. The SMILES string of the molecule is CNC(c1cccs1)c1ccc(Br)c(Cl)c1F. The second kappa shape index (κ2) is 5.48. The van der Waals surface area contributed by atoms with Crippen molar-refractivity contribution in [2.45, 2.75) is 6.04 Å². The molecule has 0 aliphatic carbocycles. The maximum Gasteiger partial charge on any atom is 0.148 e. The van der Waals surface area contributed by atoms with Crippen LogP contribution in [0.25, 0.3) is 0 Å². The minimum atomic E-state index is -0.381. The molecule has 0 bridgehead atoms. The molecule has 0 spiro atoms. The van der Waals surface area contributed by atoms with E-state index in [9.17, 15) is 4.39 Å². The summed E-state index contributed by atoms with van der Waals surface area (Å²) >= 11 is 10.7. The van der Waals surface area contributed by atoms with Crippen molar-refractivity contribution in [3.63, 3.8) is 0 Å². The number of nitrogens with one attached hydrogen (secondary N) is 1. The Kier molecular flexibility index (Phi) is 4.20. The number of hydrogen-bond acceptors (Lipinski definition) is 2. The van der Waals surface area contributed by atoms with E-state index in [0.717, 1.165) is 4.88 Å². The molecule has 1 N–H and O–H groups in total. The van der Waals surface area contributed by atoms with Gasteiger partial charge in [-0.3, -0.25) is 0 Å². The lowest BCUT2D eigenvalue weighted by Crippen LogP contribution is -2.18. The molecular weight excluding hydrogens is 325 g/mol. The van der Waals surface area contributed by atoms with Gasteiger partial charge in [-0.25, -0.2) is 4.39 Å². The molecule has 0 aliphatic heterocycles. The smallest absolute Gasteiger partial charge is 0.148 e. The first-order valence-electron chi connectivity index (χ1n) is 4.99. The third-order valence-electron chi connectivity index (χ3n) is 2.49. The number of rotatable bonds is 3. The van der Waals surface area contributed by atoms with Crippen molar-refractivity contribution < 1.29 is 4.39 Å². The second-order valence-corrected chi connectivity index (χ2v) is 5.71. The van der Waals surface area contributed by atoms with Crippen LogP contribution in [0.15, 0.2) is 34.1 Å². The highest BCUT2D eigenvalue weighted by Gasteiger charge is 2.19. The monoisotopic (exact) mass is 333 g/mol. The van der Waals surface area contributed by atoms with Crippen molar-refractivity contribution in [3.05, 3.63) is 55.4 Å². The molecule has 0 saturated carbocycles. The van der Waals surface area contributed by atoms with Crippen molar-refractivity contribution in [3.8, 4) is 0 Å². The van der Waals surface area contributed by atoms with Gasteiger partial charge in [0.25, 0.3) is 0 Å². The topological polar surface area (TPSA) is 12.0 Å². The molecule has 1 aromatic heterocycles. The molecule has 5 heteroatoms. The molecule has 2 aromatic rings. The Morgan fingerprint density at radius 2 is 2.18 bits per heavy atom. The first-order chi connectivity index (χ1) is 8.15. The lowest BCUT2D eigenvalue weighted by atomic mass is 10.1. The lowest BCUT2D eigenvalue weighted by Gasteiger charge is -2.16. The van der Waals surface area contributed by atoms with Gasteiger partial charge in [-0.05, 0) is 40.5 Å². The Morgan fingerprint density at radius 1 is 1.41 bits per heavy atom. The van der Waals surface area contributed by atoms with Gasteiger partial charge < -0.3 is 5.32 Å². The fourth-order valence-electron chi connectivity index (χ4n) is 1.67. The zero-order valence-electron chi connectivity index (χ0n) is 9.01. The van der Waals surface area contributed by atoms with Crippen LogP contribution in [0.3, 0.4) is 0 Å². The van der Waals surface area contributed by atoms with E-state index >= 15 is 0 Å². The molecule has 0 saturated heterocycles. The average Bonchev–Trinajstić information content (AvgIpc) is 2.84. The predicted molar refractivity (Wildman–Crippen MR) is 74.3 cm³/mol. The summed E-state index contributed by atoms with van der Waals surface area (Å²) in [7, 11) is 1.81. The normalized spacial score (nSPS) is 12.7.